The number of carboxylic acids is 1. The third kappa shape index (κ3) is 8.45. The van der Waals surface area contributed by atoms with E-state index in [0.29, 0.717) is 12.3 Å². The van der Waals surface area contributed by atoms with Crippen LogP contribution in [0, 0.1) is 0 Å². The van der Waals surface area contributed by atoms with Crippen LogP contribution in [0.5, 0.6) is 5.75 Å². The summed E-state index contributed by atoms with van der Waals surface area (Å²) in [5.41, 5.74) is 1.44. The fraction of sp³-hybridized carbons (Fsp3) is 0.667. The topological polar surface area (TPSA) is 138 Å². The number of hydrogen-bond acceptors (Lipinski definition) is 8. The second-order valence-electron chi connectivity index (χ2n) is 5.37. The van der Waals surface area contributed by atoms with Crippen LogP contribution in [0.3, 0.4) is 0 Å². The van der Waals surface area contributed by atoms with Crippen LogP contribution < -0.4 is 10.1 Å². The number of benzene rings is 1. The fourth-order valence-corrected chi connectivity index (χ4v) is 2.41. The van der Waals surface area contributed by atoms with Crippen molar-refractivity contribution in [3.05, 3.63) is 23.8 Å². The lowest BCUT2D eigenvalue weighted by Gasteiger charge is -2.38. The van der Waals surface area contributed by atoms with E-state index in [9.17, 15) is 20.1 Å². The van der Waals surface area contributed by atoms with Crippen molar-refractivity contribution in [2.75, 3.05) is 19.5 Å². The van der Waals surface area contributed by atoms with Crippen LogP contribution in [0.25, 0.3) is 0 Å². The molecule has 1 fully saturated rings. The lowest BCUT2D eigenvalue weighted by atomic mass is 9.99. The predicted molar refractivity (Wildman–Crippen MR) is 116 cm³/mol. The number of carbonyl (C=O) groups is 1. The molecule has 1 aromatic rings. The predicted octanol–water partition coefficient (Wildman–Crippen LogP) is 2.22. The molecule has 2 rings (SSSR count). The highest BCUT2D eigenvalue weighted by Crippen LogP contribution is 2.30. The van der Waals surface area contributed by atoms with Crippen LogP contribution >= 0.6 is 0 Å². The first-order valence-electron chi connectivity index (χ1n) is 10.3. The van der Waals surface area contributed by atoms with Crippen LogP contribution in [0.4, 0.5) is 5.69 Å². The first-order chi connectivity index (χ1) is 14.4. The third-order valence-corrected chi connectivity index (χ3v) is 3.68. The quantitative estimate of drug-likeness (QED) is 0.457. The van der Waals surface area contributed by atoms with Gasteiger partial charge < -0.3 is 40.0 Å². The van der Waals surface area contributed by atoms with Crippen molar-refractivity contribution in [3.8, 4) is 5.75 Å². The summed E-state index contributed by atoms with van der Waals surface area (Å²) >= 11 is 0. The van der Waals surface area contributed by atoms with Crippen LogP contribution in [-0.2, 0) is 20.9 Å². The number of aliphatic hydroxyl groups excluding tert-OH is 3. The van der Waals surface area contributed by atoms with Gasteiger partial charge in [0.1, 0.15) is 24.1 Å². The Morgan fingerprint density at radius 2 is 1.60 bits per heavy atom. The van der Waals surface area contributed by atoms with Gasteiger partial charge in [-0.3, -0.25) is 0 Å². The molecule has 1 aliphatic rings. The van der Waals surface area contributed by atoms with Crippen LogP contribution in [0.15, 0.2) is 18.2 Å². The first kappa shape index (κ1) is 30.3. The van der Waals surface area contributed by atoms with Gasteiger partial charge in [0.25, 0.3) is 0 Å². The van der Waals surface area contributed by atoms with Gasteiger partial charge in [0.05, 0.1) is 12.3 Å². The van der Waals surface area contributed by atoms with E-state index >= 15 is 0 Å². The van der Waals surface area contributed by atoms with Crippen molar-refractivity contribution >= 4 is 11.7 Å². The van der Waals surface area contributed by atoms with Gasteiger partial charge in [0.15, 0.2) is 6.10 Å². The van der Waals surface area contributed by atoms with E-state index in [1.807, 2.05) is 41.5 Å². The maximum absolute atomic E-state index is 11.1. The van der Waals surface area contributed by atoms with Crippen molar-refractivity contribution in [3.63, 3.8) is 0 Å². The average molecular weight is 434 g/mol. The van der Waals surface area contributed by atoms with Crippen LogP contribution in [-0.4, -0.2) is 71.3 Å². The third-order valence-electron chi connectivity index (χ3n) is 3.68. The second-order valence-corrected chi connectivity index (χ2v) is 5.37. The molecular formula is C21H39NO8. The highest BCUT2D eigenvalue weighted by Gasteiger charge is 2.48. The standard InChI is InChI=1S/C15H21NO8.3C2H6/c1-16-8-5-7(6-22-2)3-4-9(8)23-15-12(19)10(17)11(18)13(24-15)14(20)21;3*1-2/h3-5,10-13,15-19H,6H2,1-2H3,(H,20,21);3*1-2H3. The smallest absolute Gasteiger partial charge is 0.335 e. The molecule has 1 aromatic carbocycles. The zero-order valence-corrected chi connectivity index (χ0v) is 19.2. The number of hydrogen-bond donors (Lipinski definition) is 5. The maximum Gasteiger partial charge on any atom is 0.335 e. The van der Waals surface area contributed by atoms with E-state index in [1.54, 1.807) is 32.4 Å². The molecule has 0 amide bonds. The molecule has 1 aliphatic heterocycles. The van der Waals surface area contributed by atoms with E-state index in [0.717, 1.165) is 5.56 Å². The van der Waals surface area contributed by atoms with Crippen molar-refractivity contribution < 1.29 is 39.4 Å². The van der Waals surface area contributed by atoms with Gasteiger partial charge in [-0.25, -0.2) is 4.79 Å². The summed E-state index contributed by atoms with van der Waals surface area (Å²) in [6.45, 7) is 12.4. The van der Waals surface area contributed by atoms with Gasteiger partial charge in [-0.15, -0.1) is 0 Å². The van der Waals surface area contributed by atoms with Crippen LogP contribution in [0.2, 0.25) is 0 Å². The number of ether oxygens (including phenoxy) is 3. The molecule has 0 spiro atoms. The molecule has 9 nitrogen and oxygen atoms in total. The second kappa shape index (κ2) is 16.8. The summed E-state index contributed by atoms with van der Waals surface area (Å²) in [4.78, 5) is 11.1. The molecule has 1 saturated heterocycles. The molecule has 0 saturated carbocycles. The number of aliphatic carboxylic acids is 1. The summed E-state index contributed by atoms with van der Waals surface area (Å²) in [6, 6.07) is 5.09. The number of anilines is 1. The van der Waals surface area contributed by atoms with Gasteiger partial charge in [0.2, 0.25) is 6.29 Å². The van der Waals surface area contributed by atoms with Gasteiger partial charge in [-0.2, -0.15) is 0 Å². The summed E-state index contributed by atoms with van der Waals surface area (Å²) in [7, 11) is 3.23. The van der Waals surface area contributed by atoms with Crippen molar-refractivity contribution in [2.45, 2.75) is 78.9 Å². The summed E-state index contributed by atoms with van der Waals surface area (Å²) in [5, 5.41) is 41.4. The van der Waals surface area contributed by atoms with E-state index in [1.165, 1.54) is 0 Å². The average Bonchev–Trinajstić information content (AvgIpc) is 2.79. The molecule has 5 N–H and O–H groups in total. The molecule has 1 heterocycles. The first-order valence-corrected chi connectivity index (χ1v) is 10.3. The normalized spacial score (nSPS) is 24.6. The zero-order valence-electron chi connectivity index (χ0n) is 19.2. The Balaban J connectivity index is 0. The monoisotopic (exact) mass is 433 g/mol. The SMILES string of the molecule is CC.CC.CC.CNc1cc(COC)ccc1OC1OC(C(=O)O)C(O)C(O)C1O. The number of methoxy groups -OCH3 is 1. The van der Waals surface area contributed by atoms with Crippen LogP contribution in [0.1, 0.15) is 47.1 Å². The minimum atomic E-state index is -1.76. The molecule has 0 aliphatic carbocycles. The van der Waals surface area contributed by atoms with Gasteiger partial charge in [0, 0.05) is 14.2 Å². The van der Waals surface area contributed by atoms with Crippen molar-refractivity contribution in [1.82, 2.24) is 0 Å². The molecule has 0 bridgehead atoms. The summed E-state index contributed by atoms with van der Waals surface area (Å²) < 4.78 is 15.6. The number of nitrogens with one attached hydrogen (secondary N) is 1. The molecule has 176 valence electrons. The number of aliphatic hydroxyl groups is 3. The Hall–Kier alpha value is -1.91. The summed E-state index contributed by atoms with van der Waals surface area (Å²) in [5.74, 6) is -1.18. The Morgan fingerprint density at radius 3 is 2.07 bits per heavy atom. The fourth-order valence-electron chi connectivity index (χ4n) is 2.41. The van der Waals surface area contributed by atoms with Crippen molar-refractivity contribution in [1.29, 1.82) is 0 Å². The zero-order chi connectivity index (χ0) is 23.9. The molecule has 0 aromatic heterocycles. The molecule has 30 heavy (non-hydrogen) atoms. The molecule has 9 heteroatoms. The highest BCUT2D eigenvalue weighted by molar-refractivity contribution is 5.73. The van der Waals surface area contributed by atoms with Gasteiger partial charge in [-0.1, -0.05) is 47.6 Å². The van der Waals surface area contributed by atoms with Crippen molar-refractivity contribution in [2.24, 2.45) is 0 Å². The lowest BCUT2D eigenvalue weighted by molar-refractivity contribution is -0.271. The Kier molecular flexibility index (Phi) is 17.0. The minimum Gasteiger partial charge on any atom is -0.479 e. The van der Waals surface area contributed by atoms with E-state index in [4.69, 9.17) is 19.3 Å². The van der Waals surface area contributed by atoms with Gasteiger partial charge in [-0.05, 0) is 17.7 Å². The number of rotatable bonds is 6. The number of carboxylic acid groups (broad SMARTS) is 1. The van der Waals surface area contributed by atoms with E-state index < -0.39 is 36.7 Å². The highest BCUT2D eigenvalue weighted by atomic mass is 16.7. The Morgan fingerprint density at radius 1 is 1.03 bits per heavy atom. The van der Waals surface area contributed by atoms with E-state index in [2.05, 4.69) is 5.32 Å². The van der Waals surface area contributed by atoms with E-state index in [-0.39, 0.29) is 5.75 Å². The van der Waals surface area contributed by atoms with Gasteiger partial charge >= 0.3 is 5.97 Å². The minimum absolute atomic E-state index is 0.286. The molecule has 0 radical (unpaired) electrons. The lowest BCUT2D eigenvalue weighted by Crippen LogP contribution is -2.61. The summed E-state index contributed by atoms with van der Waals surface area (Å²) in [6.07, 6.45) is -8.25. The Labute approximate surface area is 179 Å². The molecule has 5 atom stereocenters. The maximum atomic E-state index is 11.1. The molecular weight excluding hydrogens is 394 g/mol. The Bertz CT molecular complexity index is 584. The largest absolute Gasteiger partial charge is 0.479 e. The molecule has 5 unspecified atom stereocenters.